The van der Waals surface area contributed by atoms with E-state index in [1.165, 1.54) is 13.0 Å². The van der Waals surface area contributed by atoms with E-state index in [9.17, 15) is 24.6 Å². The van der Waals surface area contributed by atoms with Gasteiger partial charge in [-0.3, -0.25) is 9.59 Å². The van der Waals surface area contributed by atoms with Crippen LogP contribution in [0.5, 0.6) is 0 Å². The van der Waals surface area contributed by atoms with Gasteiger partial charge in [0.25, 0.3) is 0 Å². The van der Waals surface area contributed by atoms with Gasteiger partial charge in [-0.25, -0.2) is 4.79 Å². The number of hydrogen-bond acceptors (Lipinski definition) is 7. The molecule has 0 amide bonds. The molecule has 0 aromatic rings. The molecule has 39 heavy (non-hydrogen) atoms. The summed E-state index contributed by atoms with van der Waals surface area (Å²) in [6.45, 7) is 10.7. The molecule has 0 unspecified atom stereocenters. The van der Waals surface area contributed by atoms with Gasteiger partial charge in [0.1, 0.15) is 6.10 Å². The number of fused-ring (bicyclic) bond motifs is 5. The summed E-state index contributed by atoms with van der Waals surface area (Å²) in [5, 5.41) is 22.8. The number of carbonyl (C=O) groups excluding carboxylic acids is 3. The van der Waals surface area contributed by atoms with Crippen LogP contribution >= 0.6 is 0 Å². The van der Waals surface area contributed by atoms with Crippen molar-refractivity contribution < 1.29 is 34.1 Å². The molecule has 2 saturated carbocycles. The molecule has 0 aromatic heterocycles. The van der Waals surface area contributed by atoms with Gasteiger partial charge in [0.05, 0.1) is 12.2 Å². The number of aliphatic hydroxyl groups excluding tert-OH is 1. The minimum Gasteiger partial charge on any atom is -0.458 e. The molecular formula is C32H42O7. The predicted molar refractivity (Wildman–Crippen MR) is 147 cm³/mol. The van der Waals surface area contributed by atoms with Gasteiger partial charge in [0.2, 0.25) is 0 Å². The second-order valence-electron chi connectivity index (χ2n) is 12.1. The second-order valence-corrected chi connectivity index (χ2v) is 12.1. The summed E-state index contributed by atoms with van der Waals surface area (Å²) < 4.78 is 12.1. The molecule has 4 aliphatic carbocycles. The summed E-state index contributed by atoms with van der Waals surface area (Å²) >= 11 is 0. The Morgan fingerprint density at radius 2 is 1.82 bits per heavy atom. The molecule has 0 aliphatic heterocycles. The van der Waals surface area contributed by atoms with Gasteiger partial charge in [-0.2, -0.15) is 0 Å². The number of ether oxygens (including phenoxy) is 2. The first-order valence-electron chi connectivity index (χ1n) is 14.0. The first-order valence-corrected chi connectivity index (χ1v) is 14.0. The van der Waals surface area contributed by atoms with Crippen LogP contribution in [0.3, 0.4) is 0 Å². The molecule has 212 valence electrons. The molecule has 2 N–H and O–H groups in total. The molecule has 0 spiro atoms. The third-order valence-corrected chi connectivity index (χ3v) is 9.60. The minimum atomic E-state index is -1.45. The van der Waals surface area contributed by atoms with Crippen LogP contribution in [0.25, 0.3) is 0 Å². The highest BCUT2D eigenvalue weighted by Crippen LogP contribution is 2.76. The molecule has 8 atom stereocenters. The Labute approximate surface area is 231 Å². The number of rotatable bonds is 8. The van der Waals surface area contributed by atoms with Crippen molar-refractivity contribution in [2.75, 3.05) is 6.61 Å². The Morgan fingerprint density at radius 1 is 1.13 bits per heavy atom. The number of unbranched alkanes of at least 4 members (excludes halogenated alkanes) is 1. The van der Waals surface area contributed by atoms with Crippen LogP contribution in [0, 0.1) is 35.0 Å². The number of ketones is 1. The minimum absolute atomic E-state index is 0.0364. The lowest BCUT2D eigenvalue weighted by Gasteiger charge is -2.52. The molecule has 0 aromatic carbocycles. The Morgan fingerprint density at radius 3 is 2.46 bits per heavy atom. The zero-order chi connectivity index (χ0) is 28.8. The smallest absolute Gasteiger partial charge is 0.331 e. The lowest BCUT2D eigenvalue weighted by Crippen LogP contribution is -2.63. The predicted octanol–water partition coefficient (Wildman–Crippen LogP) is 4.41. The quantitative estimate of drug-likeness (QED) is 0.204. The second kappa shape index (κ2) is 10.7. The fourth-order valence-corrected chi connectivity index (χ4v) is 7.74. The van der Waals surface area contributed by atoms with Crippen molar-refractivity contribution in [3.05, 3.63) is 59.8 Å². The monoisotopic (exact) mass is 538 g/mol. The summed E-state index contributed by atoms with van der Waals surface area (Å²) in [4.78, 5) is 38.6. The van der Waals surface area contributed by atoms with Crippen LogP contribution < -0.4 is 0 Å². The molecule has 4 aliphatic rings. The van der Waals surface area contributed by atoms with E-state index in [1.807, 2.05) is 51.2 Å². The van der Waals surface area contributed by atoms with Gasteiger partial charge in [-0.1, -0.05) is 76.6 Å². The summed E-state index contributed by atoms with van der Waals surface area (Å²) in [7, 11) is 0. The molecule has 0 radical (unpaired) electrons. The van der Waals surface area contributed by atoms with E-state index in [1.54, 1.807) is 19.1 Å². The van der Waals surface area contributed by atoms with E-state index in [-0.39, 0.29) is 12.4 Å². The number of hydrogen-bond donors (Lipinski definition) is 2. The first kappa shape index (κ1) is 29.2. The standard InChI is InChI=1S/C32H42O7/c1-7-8-9-10-11-12-13-14-26(35)39-32-28(30(32,5)6)25-17-22(18-33)16-23-24(15-19(2)27(23)36)31(25,37)20(3)29(32)38-21(4)34/h9-15,17,20,23-25,28-29,33,37H,7-8,16,18H2,1-6H3/b10-9+,12-11+,14-13-/t20-,23+,24+,25-,28-,29-,31+,32-/m1/s1. The third-order valence-electron chi connectivity index (χ3n) is 9.60. The molecule has 4 rings (SSSR count). The average molecular weight is 539 g/mol. The Bertz CT molecular complexity index is 1170. The van der Waals surface area contributed by atoms with Crippen LogP contribution in [0.15, 0.2) is 59.8 Å². The summed E-state index contributed by atoms with van der Waals surface area (Å²) in [6, 6.07) is 0. The normalized spacial score (nSPS) is 38.6. The topological polar surface area (TPSA) is 110 Å². The molecule has 0 bridgehead atoms. The molecule has 7 heteroatoms. The number of carbonyl (C=O) groups is 3. The molecule has 0 saturated heterocycles. The lowest BCUT2D eigenvalue weighted by molar-refractivity contribution is -0.217. The van der Waals surface area contributed by atoms with Crippen LogP contribution in [0.1, 0.15) is 60.8 Å². The molecule has 7 nitrogen and oxygen atoms in total. The van der Waals surface area contributed by atoms with E-state index < -0.39 is 64.2 Å². The number of aliphatic hydroxyl groups is 2. The van der Waals surface area contributed by atoms with Gasteiger partial charge in [0.15, 0.2) is 11.4 Å². The van der Waals surface area contributed by atoms with Crippen molar-refractivity contribution in [3.63, 3.8) is 0 Å². The van der Waals surface area contributed by atoms with Gasteiger partial charge in [0, 0.05) is 48.0 Å². The van der Waals surface area contributed by atoms with Crippen molar-refractivity contribution in [1.82, 2.24) is 0 Å². The summed E-state index contributed by atoms with van der Waals surface area (Å²) in [6.07, 6.45) is 15.7. The molecular weight excluding hydrogens is 496 g/mol. The highest BCUT2D eigenvalue weighted by Gasteiger charge is 2.87. The molecule has 0 heterocycles. The van der Waals surface area contributed by atoms with Gasteiger partial charge in [-0.05, 0) is 30.9 Å². The van der Waals surface area contributed by atoms with Crippen molar-refractivity contribution in [3.8, 4) is 0 Å². The Balaban J connectivity index is 1.74. The van der Waals surface area contributed by atoms with E-state index in [2.05, 4.69) is 6.92 Å². The van der Waals surface area contributed by atoms with E-state index >= 15 is 0 Å². The van der Waals surface area contributed by atoms with Crippen molar-refractivity contribution >= 4 is 17.7 Å². The van der Waals surface area contributed by atoms with Crippen LogP contribution in [0.4, 0.5) is 0 Å². The average Bonchev–Trinajstić information content (AvgIpc) is 3.27. The van der Waals surface area contributed by atoms with Gasteiger partial charge in [-0.15, -0.1) is 0 Å². The molecule has 2 fully saturated rings. The third kappa shape index (κ3) is 4.57. The highest BCUT2D eigenvalue weighted by molar-refractivity contribution is 6.00. The van der Waals surface area contributed by atoms with Crippen molar-refractivity contribution in [1.29, 1.82) is 0 Å². The first-order chi connectivity index (χ1) is 18.4. The zero-order valence-electron chi connectivity index (χ0n) is 23.8. The van der Waals surface area contributed by atoms with E-state index in [0.29, 0.717) is 17.6 Å². The Hall–Kier alpha value is -2.77. The fourth-order valence-electron chi connectivity index (χ4n) is 7.74. The highest BCUT2D eigenvalue weighted by atomic mass is 16.6. The van der Waals surface area contributed by atoms with Crippen LogP contribution in [0.2, 0.25) is 0 Å². The van der Waals surface area contributed by atoms with Crippen LogP contribution in [-0.4, -0.2) is 51.8 Å². The van der Waals surface area contributed by atoms with Gasteiger partial charge < -0.3 is 19.7 Å². The number of esters is 2. The largest absolute Gasteiger partial charge is 0.458 e. The summed E-state index contributed by atoms with van der Waals surface area (Å²) in [5.41, 5.74) is -2.01. The number of allylic oxidation sites excluding steroid dienone is 6. The Kier molecular flexibility index (Phi) is 7.99. The van der Waals surface area contributed by atoms with E-state index in [4.69, 9.17) is 9.47 Å². The maximum Gasteiger partial charge on any atom is 0.331 e. The maximum atomic E-state index is 13.1. The van der Waals surface area contributed by atoms with Crippen LogP contribution in [-0.2, 0) is 23.9 Å². The SMILES string of the molecule is CCC/C=C/C=C/C=C\C(=O)O[C@@]12[C@H](OC(C)=O)[C@@H](C)[C@@]3(O)[C@H](C=C(CO)C[C@@H]4C(=O)C(C)=C[C@@H]43)[C@@H]1C2(C)C. The van der Waals surface area contributed by atoms with Crippen molar-refractivity contribution in [2.45, 2.75) is 78.1 Å². The number of Topliss-reactive ketones (excluding diaryl/α,β-unsaturated/α-hetero) is 1. The van der Waals surface area contributed by atoms with Gasteiger partial charge >= 0.3 is 11.9 Å². The van der Waals surface area contributed by atoms with E-state index in [0.717, 1.165) is 12.8 Å². The zero-order valence-corrected chi connectivity index (χ0v) is 23.8. The van der Waals surface area contributed by atoms with Crippen molar-refractivity contribution in [2.24, 2.45) is 35.0 Å². The summed E-state index contributed by atoms with van der Waals surface area (Å²) in [5.74, 6) is -3.74. The fraction of sp³-hybridized carbons (Fsp3) is 0.594. The maximum absolute atomic E-state index is 13.1. The lowest BCUT2D eigenvalue weighted by atomic mass is 9.60.